The summed E-state index contributed by atoms with van der Waals surface area (Å²) in [4.78, 5) is 37.8. The Kier molecular flexibility index (Phi) is 6.61. The summed E-state index contributed by atoms with van der Waals surface area (Å²) in [5.41, 5.74) is 3.46. The molecule has 3 rings (SSSR count). The summed E-state index contributed by atoms with van der Waals surface area (Å²) < 4.78 is 11.1. The highest BCUT2D eigenvalue weighted by atomic mass is 35.5. The highest BCUT2D eigenvalue weighted by Gasteiger charge is 2.28. The smallest absolute Gasteiger partial charge is 0.342 e. The summed E-state index contributed by atoms with van der Waals surface area (Å²) in [6.45, 7) is 0.0494. The number of methoxy groups -OCH3 is 1. The summed E-state index contributed by atoms with van der Waals surface area (Å²) in [6.07, 6.45) is 0. The standard InChI is InChI=1S/C21H16Cl2N2O7/c1-31-13-7-10(6-12(23)17(13)32-8-9-4-2-3-5-11(9)22)14-15(20(27)28)18(24)25-19(26)16(14)21(29)30/h2-7H,8H2,1H3,(H,27,28)(H,29,30)(H3,24,25,26). The van der Waals surface area contributed by atoms with Crippen LogP contribution in [0, 0.1) is 0 Å². The van der Waals surface area contributed by atoms with Crippen molar-refractivity contribution in [3.63, 3.8) is 0 Å². The maximum absolute atomic E-state index is 12.2. The van der Waals surface area contributed by atoms with E-state index in [1.807, 2.05) is 4.98 Å². The van der Waals surface area contributed by atoms with E-state index in [0.717, 1.165) is 0 Å². The van der Waals surface area contributed by atoms with Gasteiger partial charge in [0.2, 0.25) is 0 Å². The highest BCUT2D eigenvalue weighted by molar-refractivity contribution is 6.33. The second-order valence-electron chi connectivity index (χ2n) is 6.47. The van der Waals surface area contributed by atoms with Gasteiger partial charge in [-0.25, -0.2) is 9.59 Å². The largest absolute Gasteiger partial charge is 0.493 e. The minimum Gasteiger partial charge on any atom is -0.493 e. The van der Waals surface area contributed by atoms with Crippen LogP contribution in [0.1, 0.15) is 26.3 Å². The van der Waals surface area contributed by atoms with Crippen LogP contribution in [-0.2, 0) is 6.61 Å². The molecule has 0 fully saturated rings. The number of ether oxygens (including phenoxy) is 2. The van der Waals surface area contributed by atoms with Crippen LogP contribution in [0.15, 0.2) is 41.2 Å². The summed E-state index contributed by atoms with van der Waals surface area (Å²) in [5, 5.41) is 19.6. The lowest BCUT2D eigenvalue weighted by atomic mass is 9.95. The van der Waals surface area contributed by atoms with Crippen LogP contribution in [0.25, 0.3) is 11.1 Å². The van der Waals surface area contributed by atoms with E-state index < -0.39 is 40.0 Å². The average molecular weight is 479 g/mol. The number of rotatable bonds is 7. The molecule has 0 spiro atoms. The molecule has 32 heavy (non-hydrogen) atoms. The zero-order valence-corrected chi connectivity index (χ0v) is 18.0. The van der Waals surface area contributed by atoms with Gasteiger partial charge in [0.15, 0.2) is 11.5 Å². The normalized spacial score (nSPS) is 10.6. The maximum Gasteiger partial charge on any atom is 0.342 e. The van der Waals surface area contributed by atoms with Gasteiger partial charge in [0.1, 0.15) is 23.6 Å². The minimum absolute atomic E-state index is 0.00968. The van der Waals surface area contributed by atoms with Gasteiger partial charge in [-0.3, -0.25) is 4.79 Å². The van der Waals surface area contributed by atoms with Crippen molar-refractivity contribution in [2.45, 2.75) is 6.61 Å². The van der Waals surface area contributed by atoms with E-state index in [9.17, 15) is 24.6 Å². The molecule has 0 amide bonds. The van der Waals surface area contributed by atoms with E-state index in [1.165, 1.54) is 19.2 Å². The van der Waals surface area contributed by atoms with Crippen molar-refractivity contribution in [3.8, 4) is 22.6 Å². The predicted molar refractivity (Wildman–Crippen MR) is 118 cm³/mol. The Morgan fingerprint density at radius 1 is 1.06 bits per heavy atom. The molecule has 2 aromatic carbocycles. The first-order chi connectivity index (χ1) is 15.1. The minimum atomic E-state index is -1.64. The average Bonchev–Trinajstić information content (AvgIpc) is 2.72. The third-order valence-corrected chi connectivity index (χ3v) is 5.17. The lowest BCUT2D eigenvalue weighted by Gasteiger charge is -2.17. The van der Waals surface area contributed by atoms with Gasteiger partial charge in [-0.2, -0.15) is 0 Å². The second kappa shape index (κ2) is 9.21. The zero-order chi connectivity index (χ0) is 23.6. The van der Waals surface area contributed by atoms with Gasteiger partial charge in [-0.1, -0.05) is 41.4 Å². The molecule has 9 nitrogen and oxygen atoms in total. The number of hydrogen-bond acceptors (Lipinski definition) is 6. The van der Waals surface area contributed by atoms with Gasteiger partial charge in [0.05, 0.1) is 12.1 Å². The van der Waals surface area contributed by atoms with Crippen molar-refractivity contribution in [1.29, 1.82) is 0 Å². The fourth-order valence-corrected chi connectivity index (χ4v) is 3.56. The molecule has 0 radical (unpaired) electrons. The molecule has 0 saturated carbocycles. The number of H-pyrrole nitrogens is 1. The summed E-state index contributed by atoms with van der Waals surface area (Å²) in [6, 6.07) is 9.57. The van der Waals surface area contributed by atoms with Gasteiger partial charge in [-0.05, 0) is 23.8 Å². The number of carboxylic acid groups (broad SMARTS) is 2. The number of pyridine rings is 1. The number of nitrogens with two attached hydrogens (primary N) is 1. The van der Waals surface area contributed by atoms with Crippen LogP contribution < -0.4 is 20.8 Å². The van der Waals surface area contributed by atoms with Crippen molar-refractivity contribution >= 4 is 41.0 Å². The molecular formula is C21H16Cl2N2O7. The number of carboxylic acids is 2. The number of hydrogen-bond donors (Lipinski definition) is 4. The first kappa shape index (κ1) is 23.0. The number of aromatic amines is 1. The Morgan fingerprint density at radius 3 is 2.31 bits per heavy atom. The number of aromatic nitrogens is 1. The third-order valence-electron chi connectivity index (χ3n) is 4.52. The number of aromatic carboxylic acids is 2. The number of halogens is 2. The summed E-state index contributed by atoms with van der Waals surface area (Å²) in [5.74, 6) is -3.49. The van der Waals surface area contributed by atoms with Crippen molar-refractivity contribution < 1.29 is 29.3 Å². The molecule has 3 aromatic rings. The number of nitrogens with one attached hydrogen (secondary N) is 1. The van der Waals surface area contributed by atoms with Gasteiger partial charge < -0.3 is 30.4 Å². The maximum atomic E-state index is 12.2. The Hall–Kier alpha value is -3.69. The van der Waals surface area contributed by atoms with Gasteiger partial charge >= 0.3 is 11.9 Å². The van der Waals surface area contributed by atoms with E-state index in [-0.39, 0.29) is 28.7 Å². The molecule has 0 bridgehead atoms. The van der Waals surface area contributed by atoms with Crippen LogP contribution in [-0.4, -0.2) is 34.2 Å². The Balaban J connectivity index is 2.18. The van der Waals surface area contributed by atoms with Gasteiger partial charge in [0, 0.05) is 16.1 Å². The number of nitrogen functional groups attached to an aromatic ring is 1. The number of benzene rings is 2. The van der Waals surface area contributed by atoms with Crippen molar-refractivity contribution in [1.82, 2.24) is 4.98 Å². The van der Waals surface area contributed by atoms with E-state index >= 15 is 0 Å². The van der Waals surface area contributed by atoms with E-state index in [1.54, 1.807) is 24.3 Å². The topological polar surface area (TPSA) is 152 Å². The molecule has 11 heteroatoms. The molecule has 1 heterocycles. The molecule has 1 aromatic heterocycles. The zero-order valence-electron chi connectivity index (χ0n) is 16.4. The lowest BCUT2D eigenvalue weighted by molar-refractivity contribution is 0.0695. The Morgan fingerprint density at radius 2 is 1.72 bits per heavy atom. The third kappa shape index (κ3) is 4.34. The molecule has 166 valence electrons. The van der Waals surface area contributed by atoms with E-state index in [2.05, 4.69) is 0 Å². The molecule has 0 atom stereocenters. The first-order valence-corrected chi connectivity index (χ1v) is 9.67. The molecular weight excluding hydrogens is 463 g/mol. The van der Waals surface area contributed by atoms with Crippen LogP contribution in [0.3, 0.4) is 0 Å². The van der Waals surface area contributed by atoms with Crippen LogP contribution in [0.4, 0.5) is 5.82 Å². The fraction of sp³-hybridized carbons (Fsp3) is 0.0952. The van der Waals surface area contributed by atoms with Crippen LogP contribution in [0.2, 0.25) is 10.0 Å². The molecule has 0 unspecified atom stereocenters. The second-order valence-corrected chi connectivity index (χ2v) is 7.29. The summed E-state index contributed by atoms with van der Waals surface area (Å²) in [7, 11) is 1.32. The number of carbonyl (C=O) groups is 2. The van der Waals surface area contributed by atoms with Crippen molar-refractivity contribution in [2.24, 2.45) is 0 Å². The Bertz CT molecular complexity index is 1290. The van der Waals surface area contributed by atoms with Gasteiger partial charge in [-0.15, -0.1) is 0 Å². The van der Waals surface area contributed by atoms with Crippen LogP contribution in [0.5, 0.6) is 11.5 Å². The van der Waals surface area contributed by atoms with E-state index in [0.29, 0.717) is 10.6 Å². The number of anilines is 1. The van der Waals surface area contributed by atoms with E-state index in [4.69, 9.17) is 38.4 Å². The molecule has 0 aliphatic carbocycles. The van der Waals surface area contributed by atoms with Crippen molar-refractivity contribution in [2.75, 3.05) is 12.8 Å². The summed E-state index contributed by atoms with van der Waals surface area (Å²) >= 11 is 12.5. The van der Waals surface area contributed by atoms with Gasteiger partial charge in [0.25, 0.3) is 5.56 Å². The monoisotopic (exact) mass is 478 g/mol. The molecule has 0 aliphatic rings. The molecule has 5 N–H and O–H groups in total. The van der Waals surface area contributed by atoms with Crippen molar-refractivity contribution in [3.05, 3.63) is 73.5 Å². The predicted octanol–water partition coefficient (Wildman–Crippen LogP) is 3.91. The fourth-order valence-electron chi connectivity index (χ4n) is 3.10. The quantitative estimate of drug-likeness (QED) is 0.398. The first-order valence-electron chi connectivity index (χ1n) is 8.92. The molecule has 0 aliphatic heterocycles. The molecule has 0 saturated heterocycles. The SMILES string of the molecule is COc1cc(-c2c(C(=O)O)c(N)[nH]c(=O)c2C(=O)O)cc(Cl)c1OCc1ccccc1Cl. The lowest BCUT2D eigenvalue weighted by Crippen LogP contribution is -2.24. The Labute approximate surface area is 190 Å². The van der Waals surface area contributed by atoms with Crippen LogP contribution >= 0.6 is 23.2 Å². The highest BCUT2D eigenvalue weighted by Crippen LogP contribution is 2.42.